The topological polar surface area (TPSA) is 40.5 Å². The number of carboxylic acid groups (broad SMARTS) is 1. The van der Waals surface area contributed by atoms with Crippen LogP contribution < -0.4 is 0 Å². The minimum Gasteiger partial charge on any atom is -0.480 e. The van der Waals surface area contributed by atoms with E-state index in [0.717, 1.165) is 25.9 Å². The monoisotopic (exact) mass is 241 g/mol. The van der Waals surface area contributed by atoms with Gasteiger partial charge in [0.15, 0.2) is 0 Å². The first kappa shape index (κ1) is 14.5. The molecule has 0 saturated carbocycles. The molecule has 0 amide bonds. The Bertz CT molecular complexity index is 239. The van der Waals surface area contributed by atoms with Gasteiger partial charge in [-0.1, -0.05) is 40.0 Å². The van der Waals surface area contributed by atoms with E-state index < -0.39 is 5.97 Å². The summed E-state index contributed by atoms with van der Waals surface area (Å²) in [7, 11) is 0. The molecular weight excluding hydrogens is 214 g/mol. The van der Waals surface area contributed by atoms with Crippen molar-refractivity contribution in [2.75, 3.05) is 13.1 Å². The maximum atomic E-state index is 11.2. The third-order valence-corrected chi connectivity index (χ3v) is 3.93. The zero-order valence-corrected chi connectivity index (χ0v) is 11.5. The highest BCUT2D eigenvalue weighted by molar-refractivity contribution is 5.73. The summed E-state index contributed by atoms with van der Waals surface area (Å²) in [5.41, 5.74) is 0.422. The van der Waals surface area contributed by atoms with Crippen molar-refractivity contribution in [1.29, 1.82) is 0 Å². The van der Waals surface area contributed by atoms with Crippen LogP contribution in [0.3, 0.4) is 0 Å². The van der Waals surface area contributed by atoms with Gasteiger partial charge in [-0.3, -0.25) is 9.69 Å². The van der Waals surface area contributed by atoms with Crippen LogP contribution in [0, 0.1) is 5.41 Å². The molecule has 1 heterocycles. The van der Waals surface area contributed by atoms with Gasteiger partial charge in [-0.05, 0) is 24.7 Å². The van der Waals surface area contributed by atoms with Gasteiger partial charge in [-0.25, -0.2) is 0 Å². The van der Waals surface area contributed by atoms with Crippen LogP contribution in [0.4, 0.5) is 0 Å². The van der Waals surface area contributed by atoms with Gasteiger partial charge in [0.1, 0.15) is 6.04 Å². The Hall–Kier alpha value is -0.570. The summed E-state index contributed by atoms with van der Waals surface area (Å²) in [6.07, 6.45) is 6.63. The quantitative estimate of drug-likeness (QED) is 0.709. The molecule has 1 aliphatic rings. The van der Waals surface area contributed by atoms with E-state index in [1.54, 1.807) is 0 Å². The van der Waals surface area contributed by atoms with E-state index in [4.69, 9.17) is 0 Å². The molecule has 3 nitrogen and oxygen atoms in total. The van der Waals surface area contributed by atoms with Crippen molar-refractivity contribution in [3.8, 4) is 0 Å². The fraction of sp³-hybridized carbons (Fsp3) is 0.929. The van der Waals surface area contributed by atoms with Crippen LogP contribution in [-0.2, 0) is 4.79 Å². The molecule has 0 spiro atoms. The SMILES string of the molecule is CCCC(C(=O)O)N1CC(CCC)(CCC)C1. The minimum absolute atomic E-state index is 0.248. The second-order valence-electron chi connectivity index (χ2n) is 5.55. The highest BCUT2D eigenvalue weighted by atomic mass is 16.4. The van der Waals surface area contributed by atoms with E-state index in [2.05, 4.69) is 25.7 Å². The zero-order chi connectivity index (χ0) is 12.9. The van der Waals surface area contributed by atoms with Crippen LogP contribution in [0.2, 0.25) is 0 Å². The van der Waals surface area contributed by atoms with Gasteiger partial charge in [-0.15, -0.1) is 0 Å². The number of carboxylic acids is 1. The van der Waals surface area contributed by atoms with Crippen LogP contribution in [0.5, 0.6) is 0 Å². The molecule has 1 rings (SSSR count). The molecule has 1 fully saturated rings. The van der Waals surface area contributed by atoms with E-state index >= 15 is 0 Å². The number of hydrogen-bond donors (Lipinski definition) is 1. The smallest absolute Gasteiger partial charge is 0.320 e. The summed E-state index contributed by atoms with van der Waals surface area (Å²) >= 11 is 0. The molecule has 3 heteroatoms. The Morgan fingerprint density at radius 2 is 1.71 bits per heavy atom. The van der Waals surface area contributed by atoms with Crippen molar-refractivity contribution >= 4 is 5.97 Å². The van der Waals surface area contributed by atoms with E-state index in [1.807, 2.05) is 0 Å². The van der Waals surface area contributed by atoms with Gasteiger partial charge in [-0.2, -0.15) is 0 Å². The molecule has 1 saturated heterocycles. The summed E-state index contributed by atoms with van der Waals surface area (Å²) in [5, 5.41) is 9.23. The van der Waals surface area contributed by atoms with Gasteiger partial charge in [0, 0.05) is 13.1 Å². The average Bonchev–Trinajstić information content (AvgIpc) is 2.22. The van der Waals surface area contributed by atoms with Gasteiger partial charge < -0.3 is 5.11 Å². The van der Waals surface area contributed by atoms with E-state index in [1.165, 1.54) is 25.7 Å². The molecule has 0 aromatic heterocycles. The summed E-state index contributed by atoms with van der Waals surface area (Å²) < 4.78 is 0. The number of likely N-dealkylation sites (tertiary alicyclic amines) is 1. The molecular formula is C14H27NO2. The molecule has 0 aliphatic carbocycles. The Balaban J connectivity index is 2.53. The molecule has 1 atom stereocenters. The lowest BCUT2D eigenvalue weighted by atomic mass is 9.72. The van der Waals surface area contributed by atoms with Crippen LogP contribution in [-0.4, -0.2) is 35.1 Å². The largest absolute Gasteiger partial charge is 0.480 e. The highest BCUT2D eigenvalue weighted by Crippen LogP contribution is 2.41. The maximum Gasteiger partial charge on any atom is 0.320 e. The first-order chi connectivity index (χ1) is 8.08. The molecule has 0 radical (unpaired) electrons. The lowest BCUT2D eigenvalue weighted by Crippen LogP contribution is -2.61. The van der Waals surface area contributed by atoms with Gasteiger partial charge in [0.05, 0.1) is 0 Å². The maximum absolute atomic E-state index is 11.2. The second kappa shape index (κ2) is 6.39. The van der Waals surface area contributed by atoms with Crippen molar-refractivity contribution < 1.29 is 9.90 Å². The van der Waals surface area contributed by atoms with Gasteiger partial charge >= 0.3 is 5.97 Å². The Labute approximate surface area is 105 Å². The number of hydrogen-bond acceptors (Lipinski definition) is 2. The highest BCUT2D eigenvalue weighted by Gasteiger charge is 2.45. The minimum atomic E-state index is -0.645. The van der Waals surface area contributed by atoms with Crippen molar-refractivity contribution in [3.63, 3.8) is 0 Å². The lowest BCUT2D eigenvalue weighted by Gasteiger charge is -2.53. The third kappa shape index (κ3) is 3.44. The predicted molar refractivity (Wildman–Crippen MR) is 70.2 cm³/mol. The van der Waals surface area contributed by atoms with Crippen LogP contribution in [0.15, 0.2) is 0 Å². The molecule has 1 unspecified atom stereocenters. The van der Waals surface area contributed by atoms with Crippen molar-refractivity contribution in [1.82, 2.24) is 4.90 Å². The number of nitrogens with zero attached hydrogens (tertiary/aromatic N) is 1. The van der Waals surface area contributed by atoms with E-state index in [-0.39, 0.29) is 6.04 Å². The van der Waals surface area contributed by atoms with Crippen LogP contribution in [0.25, 0.3) is 0 Å². The molecule has 100 valence electrons. The van der Waals surface area contributed by atoms with Crippen LogP contribution in [0.1, 0.15) is 59.3 Å². The summed E-state index contributed by atoms with van der Waals surface area (Å²) in [6.45, 7) is 8.49. The lowest BCUT2D eigenvalue weighted by molar-refractivity contribution is -0.150. The number of carbonyl (C=O) groups is 1. The molecule has 17 heavy (non-hydrogen) atoms. The Morgan fingerprint density at radius 3 is 2.06 bits per heavy atom. The van der Waals surface area contributed by atoms with Crippen molar-refractivity contribution in [2.45, 2.75) is 65.3 Å². The molecule has 1 aliphatic heterocycles. The zero-order valence-electron chi connectivity index (χ0n) is 11.5. The van der Waals surface area contributed by atoms with Crippen molar-refractivity contribution in [2.24, 2.45) is 5.41 Å². The normalized spacial score (nSPS) is 20.9. The van der Waals surface area contributed by atoms with Crippen molar-refractivity contribution in [3.05, 3.63) is 0 Å². The summed E-state index contributed by atoms with van der Waals surface area (Å²) in [4.78, 5) is 13.4. The third-order valence-electron chi connectivity index (χ3n) is 3.93. The standard InChI is InChI=1S/C14H27NO2/c1-4-7-12(13(16)17)15-10-14(11-15,8-5-2)9-6-3/h12H,4-11H2,1-3H3,(H,16,17). The fourth-order valence-electron chi connectivity index (χ4n) is 3.27. The Morgan fingerprint density at radius 1 is 1.18 bits per heavy atom. The van der Waals surface area contributed by atoms with Crippen LogP contribution >= 0.6 is 0 Å². The average molecular weight is 241 g/mol. The number of aliphatic carboxylic acids is 1. The molecule has 1 N–H and O–H groups in total. The first-order valence-corrected chi connectivity index (χ1v) is 7.05. The second-order valence-corrected chi connectivity index (χ2v) is 5.55. The first-order valence-electron chi connectivity index (χ1n) is 7.05. The molecule has 0 aromatic carbocycles. The van der Waals surface area contributed by atoms with E-state index in [0.29, 0.717) is 5.41 Å². The molecule has 0 bridgehead atoms. The Kier molecular flexibility index (Phi) is 5.44. The number of rotatable bonds is 8. The fourth-order valence-corrected chi connectivity index (χ4v) is 3.27. The van der Waals surface area contributed by atoms with E-state index in [9.17, 15) is 9.90 Å². The molecule has 0 aromatic rings. The van der Waals surface area contributed by atoms with Gasteiger partial charge in [0.2, 0.25) is 0 Å². The van der Waals surface area contributed by atoms with Gasteiger partial charge in [0.25, 0.3) is 0 Å². The summed E-state index contributed by atoms with van der Waals surface area (Å²) in [5.74, 6) is -0.645. The summed E-state index contributed by atoms with van der Waals surface area (Å²) in [6, 6.07) is -0.248. The predicted octanol–water partition coefficient (Wildman–Crippen LogP) is 3.14.